The number of benzene rings is 10. The summed E-state index contributed by atoms with van der Waals surface area (Å²) >= 11 is 0. The molecule has 0 radical (unpaired) electrons. The molecule has 0 fully saturated rings. The summed E-state index contributed by atoms with van der Waals surface area (Å²) in [7, 11) is 0. The van der Waals surface area contributed by atoms with E-state index >= 15 is 0 Å². The smallest absolute Gasteiger partial charge is 0.213 e. The standard InChI is InChI=1S/C69H46N8O2/c78-65-63(66(79)64(65)52-33-36-58-61-49(52)23-12-26-55(61)72-68(74-58)76(44-18-3-1-4-19-44)46-30-28-40-14-7-9-16-42(40)38-46)51-32-35-57-60-48(51)22-11-25-54(60)70-67(71-57)53-34-37-59-62-50(53)24-13-27-56(62)73-69(75-59)77(45-20-5-2-6-21-45)47-31-29-41-15-8-10-17-43(41)39-47/h1-39,48,51,78-79H,(H,70,71)(H,72,74)(H,73,75). The van der Waals surface area contributed by atoms with E-state index in [-0.39, 0.29) is 23.4 Å². The van der Waals surface area contributed by atoms with Crippen LogP contribution in [0, 0.1) is 11.8 Å². The second-order valence-electron chi connectivity index (χ2n) is 20.5. The zero-order valence-corrected chi connectivity index (χ0v) is 42.3. The van der Waals surface area contributed by atoms with E-state index in [0.29, 0.717) is 23.1 Å². The summed E-state index contributed by atoms with van der Waals surface area (Å²) in [5.41, 5.74) is 12.8. The molecule has 0 bridgehead atoms. The average molecular weight is 1020 g/mol. The number of allylic oxidation sites excluding steroid dienone is 8. The minimum Gasteiger partial charge on any atom is -0.507 e. The first kappa shape index (κ1) is 44.6. The van der Waals surface area contributed by atoms with Gasteiger partial charge in [-0.1, -0.05) is 146 Å². The SMILES string of the molecule is OC1=C(c2ccc3c4c(cccc24)N=C(N(c2ccccc2)c2ccc4ccccc4c2)N3)C(O)=C1C1C=CC2=C3C(=CC=CC31)NC(c1ccc3c4c(cccc14)N=C(N(c1ccccc1)c1ccc4ccccc4c1)N3)=N2. The van der Waals surface area contributed by atoms with E-state index in [1.165, 1.54) is 5.39 Å². The highest BCUT2D eigenvalue weighted by Gasteiger charge is 2.43. The second-order valence-corrected chi connectivity index (χ2v) is 20.5. The van der Waals surface area contributed by atoms with Gasteiger partial charge < -0.3 is 26.2 Å². The summed E-state index contributed by atoms with van der Waals surface area (Å²) in [4.78, 5) is 20.2. The topological polar surface area (TPSA) is 120 Å². The Hall–Kier alpha value is -10.7. The Bertz CT molecular complexity index is 4620. The van der Waals surface area contributed by atoms with Crippen molar-refractivity contribution < 1.29 is 10.2 Å². The summed E-state index contributed by atoms with van der Waals surface area (Å²) < 4.78 is 0. The van der Waals surface area contributed by atoms with Gasteiger partial charge in [-0.2, -0.15) is 0 Å². The van der Waals surface area contributed by atoms with Gasteiger partial charge in [-0.15, -0.1) is 0 Å². The highest BCUT2D eigenvalue weighted by Crippen LogP contribution is 2.53. The van der Waals surface area contributed by atoms with Crippen LogP contribution in [-0.4, -0.2) is 28.0 Å². The van der Waals surface area contributed by atoms with Gasteiger partial charge in [-0.05, 0) is 129 Å². The largest absolute Gasteiger partial charge is 0.507 e. The molecule has 3 heterocycles. The number of aliphatic hydroxyl groups is 2. The number of para-hydroxylation sites is 2. The first-order valence-electron chi connectivity index (χ1n) is 26.5. The number of hydrogen-bond acceptors (Lipinski definition) is 10. The molecule has 3 aliphatic heterocycles. The fourth-order valence-corrected chi connectivity index (χ4v) is 12.4. The molecule has 10 aromatic carbocycles. The summed E-state index contributed by atoms with van der Waals surface area (Å²) in [6, 6.07) is 70.8. The summed E-state index contributed by atoms with van der Waals surface area (Å²) in [6.45, 7) is 0. The van der Waals surface area contributed by atoms with Crippen LogP contribution in [0.2, 0.25) is 0 Å². The second kappa shape index (κ2) is 17.4. The number of aliphatic hydroxyl groups excluding tert-OH is 2. The number of fused-ring (bicyclic) bond motifs is 2. The molecule has 2 atom stereocenters. The summed E-state index contributed by atoms with van der Waals surface area (Å²) in [6.07, 6.45) is 10.4. The van der Waals surface area contributed by atoms with Crippen molar-refractivity contribution in [2.45, 2.75) is 0 Å². The lowest BCUT2D eigenvalue weighted by atomic mass is 9.69. The third kappa shape index (κ3) is 7.01. The molecule has 0 saturated heterocycles. The lowest BCUT2D eigenvalue weighted by Crippen LogP contribution is -2.36. The normalized spacial score (nSPS) is 17.6. The third-order valence-corrected chi connectivity index (χ3v) is 16.1. The van der Waals surface area contributed by atoms with Crippen LogP contribution >= 0.6 is 0 Å². The van der Waals surface area contributed by atoms with Gasteiger partial charge in [0, 0.05) is 67.8 Å². The molecule has 0 amide bonds. The van der Waals surface area contributed by atoms with Crippen LogP contribution in [0.5, 0.6) is 0 Å². The number of guanidine groups is 2. The molecule has 10 nitrogen and oxygen atoms in total. The fourth-order valence-electron chi connectivity index (χ4n) is 12.4. The fraction of sp³-hybridized carbons (Fsp3) is 0.0290. The first-order valence-corrected chi connectivity index (χ1v) is 26.5. The Morgan fingerprint density at radius 2 is 0.949 bits per heavy atom. The Balaban J connectivity index is 0.707. The third-order valence-electron chi connectivity index (χ3n) is 16.1. The van der Waals surface area contributed by atoms with E-state index in [0.717, 1.165) is 117 Å². The Labute approximate surface area is 454 Å². The first-order chi connectivity index (χ1) is 39.0. The molecule has 10 aromatic rings. The minimum absolute atomic E-state index is 0.0845. The highest BCUT2D eigenvalue weighted by molar-refractivity contribution is 6.24. The van der Waals surface area contributed by atoms with Gasteiger partial charge in [0.25, 0.3) is 0 Å². The zero-order chi connectivity index (χ0) is 52.3. The van der Waals surface area contributed by atoms with E-state index in [2.05, 4.69) is 190 Å². The van der Waals surface area contributed by atoms with E-state index < -0.39 is 0 Å². The number of hydrogen-bond donors (Lipinski definition) is 5. The maximum Gasteiger partial charge on any atom is 0.213 e. The quantitative estimate of drug-likeness (QED) is 0.108. The van der Waals surface area contributed by atoms with Crippen molar-refractivity contribution >= 4 is 112 Å². The van der Waals surface area contributed by atoms with Crippen LogP contribution in [0.4, 0.5) is 45.5 Å². The van der Waals surface area contributed by atoms with E-state index in [4.69, 9.17) is 15.0 Å². The molecule has 0 spiro atoms. The van der Waals surface area contributed by atoms with E-state index in [1.54, 1.807) is 0 Å². The van der Waals surface area contributed by atoms with E-state index in [1.807, 2.05) is 72.8 Å². The Kier molecular flexibility index (Phi) is 9.83. The highest BCUT2D eigenvalue weighted by atomic mass is 16.3. The maximum atomic E-state index is 12.2. The van der Waals surface area contributed by atoms with Gasteiger partial charge in [0.05, 0.1) is 34.0 Å². The van der Waals surface area contributed by atoms with Gasteiger partial charge in [-0.25, -0.2) is 15.0 Å². The number of aliphatic imine (C=N–C) groups is 3. The van der Waals surface area contributed by atoms with Crippen molar-refractivity contribution in [1.82, 2.24) is 5.32 Å². The van der Waals surface area contributed by atoms with Crippen molar-refractivity contribution in [3.05, 3.63) is 282 Å². The Morgan fingerprint density at radius 1 is 0.418 bits per heavy atom. The van der Waals surface area contributed by atoms with Crippen LogP contribution in [0.15, 0.2) is 286 Å². The molecular formula is C69H46N8O2. The number of rotatable bonds is 7. The number of nitrogens with one attached hydrogen (secondary N) is 3. The van der Waals surface area contributed by atoms with Crippen molar-refractivity contribution in [2.75, 3.05) is 20.4 Å². The van der Waals surface area contributed by atoms with Gasteiger partial charge >= 0.3 is 0 Å². The monoisotopic (exact) mass is 1020 g/mol. The molecule has 5 N–H and O–H groups in total. The molecule has 2 unspecified atom stereocenters. The molecular weight excluding hydrogens is 973 g/mol. The number of anilines is 6. The maximum absolute atomic E-state index is 12.2. The van der Waals surface area contributed by atoms with Gasteiger partial charge in [0.15, 0.2) is 0 Å². The molecule has 3 aliphatic carbocycles. The molecule has 16 rings (SSSR count). The predicted molar refractivity (Wildman–Crippen MR) is 324 cm³/mol. The molecule has 79 heavy (non-hydrogen) atoms. The van der Waals surface area contributed by atoms with Crippen molar-refractivity contribution in [2.24, 2.45) is 26.8 Å². The lowest BCUT2D eigenvalue weighted by Gasteiger charge is -2.38. The van der Waals surface area contributed by atoms with Crippen LogP contribution in [0.3, 0.4) is 0 Å². The zero-order valence-electron chi connectivity index (χ0n) is 42.3. The van der Waals surface area contributed by atoms with Gasteiger partial charge in [-0.3, -0.25) is 9.80 Å². The average Bonchev–Trinajstić information content (AvgIpc) is 3.56. The number of nitrogens with zero attached hydrogens (tertiary/aromatic N) is 5. The van der Waals surface area contributed by atoms with Gasteiger partial charge in [0.2, 0.25) is 11.9 Å². The van der Waals surface area contributed by atoms with Crippen molar-refractivity contribution in [3.63, 3.8) is 0 Å². The van der Waals surface area contributed by atoms with Crippen LogP contribution in [0.25, 0.3) is 48.7 Å². The lowest BCUT2D eigenvalue weighted by molar-refractivity contribution is 0.346. The van der Waals surface area contributed by atoms with Crippen molar-refractivity contribution in [3.8, 4) is 0 Å². The molecule has 10 heteroatoms. The van der Waals surface area contributed by atoms with Gasteiger partial charge in [0.1, 0.15) is 17.4 Å². The molecule has 6 aliphatic rings. The minimum atomic E-state index is -0.336. The molecule has 0 saturated carbocycles. The Morgan fingerprint density at radius 3 is 1.53 bits per heavy atom. The number of amidine groups is 1. The van der Waals surface area contributed by atoms with Crippen LogP contribution < -0.4 is 25.8 Å². The summed E-state index contributed by atoms with van der Waals surface area (Å²) in [5.74, 6) is 1.74. The van der Waals surface area contributed by atoms with Crippen molar-refractivity contribution in [1.29, 1.82) is 0 Å². The molecule has 374 valence electrons. The summed E-state index contributed by atoms with van der Waals surface area (Å²) in [5, 5.41) is 43.9. The molecule has 0 aromatic heterocycles. The van der Waals surface area contributed by atoms with Crippen LogP contribution in [0.1, 0.15) is 11.1 Å². The van der Waals surface area contributed by atoms with Crippen LogP contribution in [-0.2, 0) is 0 Å². The predicted octanol–water partition coefficient (Wildman–Crippen LogP) is 16.5. The van der Waals surface area contributed by atoms with E-state index in [9.17, 15) is 10.2 Å².